The van der Waals surface area contributed by atoms with Gasteiger partial charge in [-0.25, -0.2) is 0 Å². The summed E-state index contributed by atoms with van der Waals surface area (Å²) >= 11 is 0. The van der Waals surface area contributed by atoms with Crippen LogP contribution in [0.3, 0.4) is 0 Å². The van der Waals surface area contributed by atoms with Gasteiger partial charge in [0.2, 0.25) is 5.91 Å². The number of carbonyl (C=O) groups is 1. The molecule has 0 fully saturated rings. The number of nitrogens with two attached hydrogens (primary N) is 1. The number of anilines is 1. The maximum Gasteiger partial charge on any atom is 0.237 e. The molecule has 18 heavy (non-hydrogen) atoms. The van der Waals surface area contributed by atoms with Crippen molar-refractivity contribution in [3.63, 3.8) is 0 Å². The number of nitrogens with one attached hydrogen (secondary N) is 2. The summed E-state index contributed by atoms with van der Waals surface area (Å²) in [7, 11) is 0. The number of benzene rings is 1. The van der Waals surface area contributed by atoms with Crippen LogP contribution in [-0.4, -0.2) is 24.5 Å². The molecule has 0 saturated heterocycles. The summed E-state index contributed by atoms with van der Waals surface area (Å²) in [5, 5.41) is 6.17. The molecule has 0 radical (unpaired) electrons. The van der Waals surface area contributed by atoms with E-state index in [4.69, 9.17) is 5.73 Å². The van der Waals surface area contributed by atoms with Gasteiger partial charge in [-0.15, -0.1) is 0 Å². The first-order chi connectivity index (χ1) is 8.63. The molecule has 1 amide bonds. The number of para-hydroxylation sites is 1. The molecule has 2 unspecified atom stereocenters. The Labute approximate surface area is 109 Å². The zero-order chi connectivity index (χ0) is 13.4. The van der Waals surface area contributed by atoms with E-state index in [1.807, 2.05) is 44.2 Å². The second kappa shape index (κ2) is 7.71. The molecule has 4 nitrogen and oxygen atoms in total. The van der Waals surface area contributed by atoms with Crippen molar-refractivity contribution in [2.75, 3.05) is 11.9 Å². The van der Waals surface area contributed by atoms with Crippen LogP contribution in [0.5, 0.6) is 0 Å². The van der Waals surface area contributed by atoms with Gasteiger partial charge in [0.1, 0.15) is 0 Å². The van der Waals surface area contributed by atoms with Gasteiger partial charge < -0.3 is 16.4 Å². The van der Waals surface area contributed by atoms with E-state index < -0.39 is 6.04 Å². The molecule has 1 rings (SSSR count). The van der Waals surface area contributed by atoms with Crippen LogP contribution in [-0.2, 0) is 4.79 Å². The first-order valence-electron chi connectivity index (χ1n) is 6.48. The average molecular weight is 249 g/mol. The molecule has 1 aromatic rings. The van der Waals surface area contributed by atoms with Gasteiger partial charge >= 0.3 is 0 Å². The fourth-order valence-corrected chi connectivity index (χ4v) is 1.67. The molecule has 0 aromatic heterocycles. The van der Waals surface area contributed by atoms with Crippen molar-refractivity contribution < 1.29 is 4.79 Å². The fourth-order valence-electron chi connectivity index (χ4n) is 1.67. The maximum atomic E-state index is 11.7. The summed E-state index contributed by atoms with van der Waals surface area (Å²) in [6, 6.07) is 9.58. The van der Waals surface area contributed by atoms with Gasteiger partial charge in [0.15, 0.2) is 0 Å². The third-order valence-corrected chi connectivity index (χ3v) is 2.71. The Morgan fingerprint density at radius 2 is 2.00 bits per heavy atom. The minimum atomic E-state index is -0.394. The van der Waals surface area contributed by atoms with E-state index in [-0.39, 0.29) is 11.9 Å². The highest BCUT2D eigenvalue weighted by molar-refractivity contribution is 5.81. The Hall–Kier alpha value is -1.55. The Balaban J connectivity index is 2.29. The van der Waals surface area contributed by atoms with Gasteiger partial charge in [-0.2, -0.15) is 0 Å². The van der Waals surface area contributed by atoms with Crippen LogP contribution in [0.15, 0.2) is 30.3 Å². The zero-order valence-electron chi connectivity index (χ0n) is 11.1. The molecule has 100 valence electrons. The van der Waals surface area contributed by atoms with Crippen molar-refractivity contribution in [2.45, 2.75) is 38.8 Å². The summed E-state index contributed by atoms with van der Waals surface area (Å²) in [5.74, 6) is -0.0702. The molecule has 2 atom stereocenters. The second-order valence-corrected chi connectivity index (χ2v) is 4.55. The van der Waals surface area contributed by atoms with Crippen LogP contribution < -0.4 is 16.4 Å². The lowest BCUT2D eigenvalue weighted by molar-refractivity contribution is -0.123. The van der Waals surface area contributed by atoms with Crippen molar-refractivity contribution in [3.8, 4) is 0 Å². The summed E-state index contributed by atoms with van der Waals surface area (Å²) in [6.45, 7) is 4.68. The SMILES string of the molecule is CCCC(N)C(=O)NC(C)CNc1ccccc1. The molecule has 0 heterocycles. The number of hydrogen-bond donors (Lipinski definition) is 3. The topological polar surface area (TPSA) is 67.2 Å². The Kier molecular flexibility index (Phi) is 6.22. The molecule has 0 spiro atoms. The van der Waals surface area contributed by atoms with E-state index in [0.717, 1.165) is 18.5 Å². The number of amides is 1. The van der Waals surface area contributed by atoms with Crippen LogP contribution in [0.25, 0.3) is 0 Å². The number of rotatable bonds is 7. The van der Waals surface area contributed by atoms with Crippen molar-refractivity contribution in [1.29, 1.82) is 0 Å². The Morgan fingerprint density at radius 1 is 1.33 bits per heavy atom. The normalized spacial score (nSPS) is 13.7. The first kappa shape index (κ1) is 14.5. The summed E-state index contributed by atoms with van der Waals surface area (Å²) in [6.07, 6.45) is 1.65. The monoisotopic (exact) mass is 249 g/mol. The van der Waals surface area contributed by atoms with Gasteiger partial charge in [-0.05, 0) is 25.5 Å². The highest BCUT2D eigenvalue weighted by atomic mass is 16.2. The van der Waals surface area contributed by atoms with Crippen LogP contribution in [0.4, 0.5) is 5.69 Å². The van der Waals surface area contributed by atoms with Gasteiger partial charge in [-0.1, -0.05) is 31.5 Å². The van der Waals surface area contributed by atoms with Crippen LogP contribution >= 0.6 is 0 Å². The minimum Gasteiger partial charge on any atom is -0.383 e. The lowest BCUT2D eigenvalue weighted by atomic mass is 10.1. The van der Waals surface area contributed by atoms with E-state index in [9.17, 15) is 4.79 Å². The quantitative estimate of drug-likeness (QED) is 0.689. The van der Waals surface area contributed by atoms with Gasteiger partial charge in [0, 0.05) is 18.3 Å². The molecule has 0 aliphatic heterocycles. The third-order valence-electron chi connectivity index (χ3n) is 2.71. The summed E-state index contributed by atoms with van der Waals surface area (Å²) < 4.78 is 0. The van der Waals surface area contributed by atoms with Crippen molar-refractivity contribution >= 4 is 11.6 Å². The maximum absolute atomic E-state index is 11.7. The fraction of sp³-hybridized carbons (Fsp3) is 0.500. The van der Waals surface area contributed by atoms with Crippen LogP contribution in [0, 0.1) is 0 Å². The molecule has 1 aromatic carbocycles. The molecule has 0 aliphatic rings. The first-order valence-corrected chi connectivity index (χ1v) is 6.48. The average Bonchev–Trinajstić information content (AvgIpc) is 2.38. The Morgan fingerprint density at radius 3 is 2.61 bits per heavy atom. The van der Waals surface area contributed by atoms with Crippen LogP contribution in [0.1, 0.15) is 26.7 Å². The smallest absolute Gasteiger partial charge is 0.237 e. The molecule has 0 bridgehead atoms. The minimum absolute atomic E-state index is 0.0561. The third kappa shape index (κ3) is 5.19. The highest BCUT2D eigenvalue weighted by Gasteiger charge is 2.14. The lowest BCUT2D eigenvalue weighted by Gasteiger charge is -2.18. The van der Waals surface area contributed by atoms with Gasteiger partial charge in [0.05, 0.1) is 6.04 Å². The van der Waals surface area contributed by atoms with Crippen LogP contribution in [0.2, 0.25) is 0 Å². The standard InChI is InChI=1S/C14H23N3O/c1-3-7-13(15)14(18)17-11(2)10-16-12-8-5-4-6-9-12/h4-6,8-9,11,13,16H,3,7,10,15H2,1-2H3,(H,17,18). The molecular formula is C14H23N3O. The number of carbonyl (C=O) groups excluding carboxylic acids is 1. The van der Waals surface area contributed by atoms with Crippen molar-refractivity contribution in [1.82, 2.24) is 5.32 Å². The molecule has 4 heteroatoms. The van der Waals surface area contributed by atoms with Gasteiger partial charge in [0.25, 0.3) is 0 Å². The largest absolute Gasteiger partial charge is 0.383 e. The van der Waals surface area contributed by atoms with Crippen molar-refractivity contribution in [3.05, 3.63) is 30.3 Å². The second-order valence-electron chi connectivity index (χ2n) is 4.55. The van der Waals surface area contributed by atoms with Gasteiger partial charge in [-0.3, -0.25) is 4.79 Å². The molecule has 0 saturated carbocycles. The predicted octanol–water partition coefficient (Wildman–Crippen LogP) is 1.73. The predicted molar refractivity (Wildman–Crippen MR) is 75.4 cm³/mol. The summed E-state index contributed by atoms with van der Waals surface area (Å²) in [5.41, 5.74) is 6.80. The van der Waals surface area contributed by atoms with E-state index in [2.05, 4.69) is 10.6 Å². The van der Waals surface area contributed by atoms with Crippen molar-refractivity contribution in [2.24, 2.45) is 5.73 Å². The molecule has 4 N–H and O–H groups in total. The van der Waals surface area contributed by atoms with E-state index in [1.165, 1.54) is 0 Å². The highest BCUT2D eigenvalue weighted by Crippen LogP contribution is 2.04. The lowest BCUT2D eigenvalue weighted by Crippen LogP contribution is -2.46. The zero-order valence-corrected chi connectivity index (χ0v) is 11.1. The molecule has 0 aliphatic carbocycles. The number of hydrogen-bond acceptors (Lipinski definition) is 3. The van der Waals surface area contributed by atoms with E-state index >= 15 is 0 Å². The Bertz CT molecular complexity index is 353. The van der Waals surface area contributed by atoms with E-state index in [0.29, 0.717) is 6.54 Å². The molecular weight excluding hydrogens is 226 g/mol. The summed E-state index contributed by atoms with van der Waals surface area (Å²) in [4.78, 5) is 11.7. The van der Waals surface area contributed by atoms with E-state index in [1.54, 1.807) is 0 Å².